The fourth-order valence-electron chi connectivity index (χ4n) is 0.909. The second-order valence-corrected chi connectivity index (χ2v) is 6.50. The van der Waals surface area contributed by atoms with Crippen LogP contribution >= 0.6 is 0 Å². The predicted molar refractivity (Wildman–Crippen MR) is 64.7 cm³/mol. The summed E-state index contributed by atoms with van der Waals surface area (Å²) in [5.74, 6) is 0. The number of rotatable bonds is 2. The molecule has 100 valence electrons. The largest absolute Gasteiger partial charge is 0.591 e. The van der Waals surface area contributed by atoms with E-state index in [9.17, 15) is 17.7 Å². The molecule has 0 saturated carbocycles. The van der Waals surface area contributed by atoms with Crippen LogP contribution in [0.5, 0.6) is 0 Å². The van der Waals surface area contributed by atoms with Gasteiger partial charge in [0.1, 0.15) is 22.3 Å². The molecule has 1 heterocycles. The van der Waals surface area contributed by atoms with Crippen molar-refractivity contribution in [3.8, 4) is 0 Å². The Balaban J connectivity index is 2.79. The predicted octanol–water partition coefficient (Wildman–Crippen LogP) is 2.98. The van der Waals surface area contributed by atoms with Crippen molar-refractivity contribution in [1.29, 1.82) is 0 Å². The third kappa shape index (κ3) is 4.30. The fourth-order valence-corrected chi connectivity index (χ4v) is 1.43. The maximum Gasteiger partial charge on any atom is 0.417 e. The van der Waals surface area contributed by atoms with E-state index in [0.717, 1.165) is 12.3 Å². The molecule has 18 heavy (non-hydrogen) atoms. The second kappa shape index (κ2) is 5.27. The van der Waals surface area contributed by atoms with Gasteiger partial charge in [-0.2, -0.15) is 13.2 Å². The molecule has 1 aromatic rings. The molecule has 0 saturated heterocycles. The number of halogens is 3. The number of pyridine rings is 1. The molecule has 0 unspecified atom stereocenters. The molecule has 3 nitrogen and oxygen atoms in total. The molecule has 7 heteroatoms. The van der Waals surface area contributed by atoms with Crippen LogP contribution in [0, 0.1) is 0 Å². The first-order chi connectivity index (χ1) is 8.10. The highest BCUT2D eigenvalue weighted by molar-refractivity contribution is 7.91. The number of hydrogen-bond acceptors (Lipinski definition) is 3. The molecule has 0 bridgehead atoms. The highest BCUT2D eigenvalue weighted by Crippen LogP contribution is 2.28. The minimum Gasteiger partial charge on any atom is -0.591 e. The van der Waals surface area contributed by atoms with Crippen LogP contribution in [0.4, 0.5) is 13.2 Å². The Morgan fingerprint density at radius 3 is 2.28 bits per heavy atom. The first kappa shape index (κ1) is 15.0. The molecule has 0 amide bonds. The van der Waals surface area contributed by atoms with Crippen LogP contribution in [0.15, 0.2) is 22.7 Å². The number of nitrogens with zero attached hydrogens (tertiary/aromatic N) is 2. The fraction of sp³-hybridized carbons (Fsp3) is 0.455. The van der Waals surface area contributed by atoms with Crippen molar-refractivity contribution in [1.82, 2.24) is 4.98 Å². The lowest BCUT2D eigenvalue weighted by Gasteiger charge is -2.17. The van der Waals surface area contributed by atoms with E-state index < -0.39 is 27.8 Å². The minimum atomic E-state index is -4.41. The minimum absolute atomic E-state index is 0.237. The Bertz CT molecular complexity index is 423. The molecular weight excluding hydrogens is 265 g/mol. The molecule has 1 rings (SSSR count). The van der Waals surface area contributed by atoms with Crippen molar-refractivity contribution in [3.63, 3.8) is 0 Å². The van der Waals surface area contributed by atoms with Crippen molar-refractivity contribution in [2.24, 2.45) is 4.40 Å². The average Bonchev–Trinajstić information content (AvgIpc) is 2.24. The molecule has 0 aliphatic heterocycles. The molecule has 0 N–H and O–H groups in total. The van der Waals surface area contributed by atoms with E-state index in [-0.39, 0.29) is 5.69 Å². The zero-order valence-corrected chi connectivity index (χ0v) is 11.0. The third-order valence-electron chi connectivity index (χ3n) is 1.92. The molecule has 0 aromatic carbocycles. The van der Waals surface area contributed by atoms with E-state index in [1.807, 2.05) is 0 Å². The highest BCUT2D eigenvalue weighted by atomic mass is 32.2. The summed E-state index contributed by atoms with van der Waals surface area (Å²) in [5.41, 5.74) is -0.586. The zero-order chi connectivity index (χ0) is 14.0. The molecule has 1 atom stereocenters. The van der Waals surface area contributed by atoms with Gasteiger partial charge in [-0.05, 0) is 32.9 Å². The van der Waals surface area contributed by atoms with Gasteiger partial charge in [0.15, 0.2) is 0 Å². The SMILES string of the molecule is CC(C)(C)[S@@+]([O-])/N=C/c1ccc(C(F)(F)F)cn1. The van der Waals surface area contributed by atoms with E-state index in [1.54, 1.807) is 20.8 Å². The van der Waals surface area contributed by atoms with E-state index in [1.165, 1.54) is 12.3 Å². The van der Waals surface area contributed by atoms with Gasteiger partial charge in [0.05, 0.1) is 11.3 Å². The zero-order valence-electron chi connectivity index (χ0n) is 10.2. The molecular formula is C11H13F3N2OS. The Kier molecular flexibility index (Phi) is 4.39. The van der Waals surface area contributed by atoms with E-state index in [0.29, 0.717) is 0 Å². The summed E-state index contributed by atoms with van der Waals surface area (Å²) in [6.45, 7) is 5.25. The average molecular weight is 278 g/mol. The normalized spacial score (nSPS) is 15.1. The third-order valence-corrected chi connectivity index (χ3v) is 3.26. The van der Waals surface area contributed by atoms with Crippen LogP contribution in [0.25, 0.3) is 0 Å². The number of hydrogen-bond donors (Lipinski definition) is 0. The van der Waals surface area contributed by atoms with Gasteiger partial charge >= 0.3 is 6.18 Å². The van der Waals surface area contributed by atoms with Gasteiger partial charge < -0.3 is 4.55 Å². The summed E-state index contributed by atoms with van der Waals surface area (Å²) >= 11 is -1.45. The van der Waals surface area contributed by atoms with Crippen LogP contribution in [-0.4, -0.2) is 20.5 Å². The molecule has 0 aliphatic carbocycles. The van der Waals surface area contributed by atoms with E-state index in [2.05, 4.69) is 9.38 Å². The maximum atomic E-state index is 12.3. The van der Waals surface area contributed by atoms with Crippen molar-refractivity contribution >= 4 is 17.6 Å². The van der Waals surface area contributed by atoms with Crippen LogP contribution in [0.1, 0.15) is 32.0 Å². The lowest BCUT2D eigenvalue weighted by molar-refractivity contribution is -0.137. The van der Waals surface area contributed by atoms with Gasteiger partial charge in [-0.1, -0.05) is 4.40 Å². The van der Waals surface area contributed by atoms with Crippen molar-refractivity contribution in [3.05, 3.63) is 29.6 Å². The lowest BCUT2D eigenvalue weighted by Crippen LogP contribution is -2.25. The van der Waals surface area contributed by atoms with Gasteiger partial charge in [-0.25, -0.2) is 0 Å². The lowest BCUT2D eigenvalue weighted by atomic mass is 10.2. The van der Waals surface area contributed by atoms with Crippen molar-refractivity contribution < 1.29 is 17.7 Å². The first-order valence-corrected chi connectivity index (χ1v) is 6.21. The van der Waals surface area contributed by atoms with Crippen LogP contribution in [0.3, 0.4) is 0 Å². The van der Waals surface area contributed by atoms with Gasteiger partial charge in [0.2, 0.25) is 0 Å². The van der Waals surface area contributed by atoms with Crippen molar-refractivity contribution in [2.75, 3.05) is 0 Å². The monoisotopic (exact) mass is 278 g/mol. The topological polar surface area (TPSA) is 48.3 Å². The van der Waals surface area contributed by atoms with Crippen molar-refractivity contribution in [2.45, 2.75) is 31.7 Å². The summed E-state index contributed by atoms with van der Waals surface area (Å²) in [7, 11) is 0. The standard InChI is InChI=1S/C11H13F3N2OS/c1-10(2,3)18(17)16-7-9-5-4-8(6-15-9)11(12,13)14/h4-7H,1-3H3/b16-7+/t18-/m1/s1. The second-order valence-electron chi connectivity index (χ2n) is 4.57. The number of aromatic nitrogens is 1. The Hall–Kier alpha value is -1.08. The van der Waals surface area contributed by atoms with Gasteiger partial charge in [-0.3, -0.25) is 4.98 Å². The highest BCUT2D eigenvalue weighted by Gasteiger charge is 2.30. The molecule has 0 aliphatic rings. The first-order valence-electron chi connectivity index (χ1n) is 5.10. The molecule has 0 fully saturated rings. The van der Waals surface area contributed by atoms with Gasteiger partial charge in [0, 0.05) is 6.20 Å². The van der Waals surface area contributed by atoms with Gasteiger partial charge in [-0.15, -0.1) is 0 Å². The quantitative estimate of drug-likeness (QED) is 0.617. The summed E-state index contributed by atoms with van der Waals surface area (Å²) in [5, 5.41) is 0. The summed E-state index contributed by atoms with van der Waals surface area (Å²) in [6, 6.07) is 2.10. The van der Waals surface area contributed by atoms with Crippen LogP contribution < -0.4 is 0 Å². The summed E-state index contributed by atoms with van der Waals surface area (Å²) in [6.07, 6.45) is -2.47. The van der Waals surface area contributed by atoms with Gasteiger partial charge in [0.25, 0.3) is 0 Å². The van der Waals surface area contributed by atoms with Crippen LogP contribution in [0.2, 0.25) is 0 Å². The van der Waals surface area contributed by atoms with E-state index >= 15 is 0 Å². The Labute approximate surface area is 106 Å². The van der Waals surface area contributed by atoms with Crippen LogP contribution in [-0.2, 0) is 17.5 Å². The number of alkyl halides is 3. The maximum absolute atomic E-state index is 12.3. The summed E-state index contributed by atoms with van der Waals surface area (Å²) in [4.78, 5) is 3.60. The molecule has 0 radical (unpaired) electrons. The molecule has 0 spiro atoms. The Morgan fingerprint density at radius 1 is 1.28 bits per heavy atom. The Morgan fingerprint density at radius 2 is 1.89 bits per heavy atom. The van der Waals surface area contributed by atoms with E-state index in [4.69, 9.17) is 0 Å². The smallest absolute Gasteiger partial charge is 0.417 e. The molecule has 1 aromatic heterocycles. The summed E-state index contributed by atoms with van der Waals surface area (Å²) < 4.78 is 51.6.